The van der Waals surface area contributed by atoms with E-state index in [1.54, 1.807) is 6.20 Å². The second-order valence-electron chi connectivity index (χ2n) is 4.42. The Balaban J connectivity index is 2.24. The fourth-order valence-corrected chi connectivity index (χ4v) is 2.51. The minimum absolute atomic E-state index is 0.896. The van der Waals surface area contributed by atoms with Crippen molar-refractivity contribution in [3.05, 3.63) is 67.0 Å². The Morgan fingerprint density at radius 1 is 0.684 bits per heavy atom. The van der Waals surface area contributed by atoms with Crippen molar-refractivity contribution in [2.45, 2.75) is 0 Å². The van der Waals surface area contributed by atoms with Crippen LogP contribution in [0.25, 0.3) is 27.8 Å². The summed E-state index contributed by atoms with van der Waals surface area (Å²) < 4.78 is 2.10. The van der Waals surface area contributed by atoms with Crippen LogP contribution < -0.4 is 0 Å². The third kappa shape index (κ3) is 1.45. The van der Waals surface area contributed by atoms with E-state index >= 15 is 0 Å². The van der Waals surface area contributed by atoms with E-state index in [1.165, 1.54) is 5.39 Å². The van der Waals surface area contributed by atoms with Gasteiger partial charge < -0.3 is 0 Å². The minimum atomic E-state index is 0.896. The molecule has 0 aliphatic heterocycles. The Kier molecular flexibility index (Phi) is 2.12. The summed E-state index contributed by atoms with van der Waals surface area (Å²) in [5, 5.41) is 2.36. The van der Waals surface area contributed by atoms with Gasteiger partial charge in [0.1, 0.15) is 11.5 Å². The van der Waals surface area contributed by atoms with E-state index in [9.17, 15) is 0 Å². The third-order valence-electron chi connectivity index (χ3n) is 3.31. The van der Waals surface area contributed by atoms with Gasteiger partial charge in [-0.25, -0.2) is 9.97 Å². The Labute approximate surface area is 110 Å². The van der Waals surface area contributed by atoms with E-state index in [-0.39, 0.29) is 0 Å². The summed E-state index contributed by atoms with van der Waals surface area (Å²) in [5.41, 5.74) is 2.08. The molecule has 4 rings (SSSR count). The topological polar surface area (TPSA) is 30.7 Å². The highest BCUT2D eigenvalue weighted by atomic mass is 15.1. The Bertz CT molecular complexity index is 810. The maximum absolute atomic E-state index is 4.52. The lowest BCUT2D eigenvalue weighted by atomic mass is 10.2. The van der Waals surface area contributed by atoms with Gasteiger partial charge in [-0.3, -0.25) is 4.57 Å². The molecule has 3 nitrogen and oxygen atoms in total. The molecule has 0 aliphatic rings. The molecule has 0 radical (unpaired) electrons. The van der Waals surface area contributed by atoms with Gasteiger partial charge in [0.25, 0.3) is 0 Å². The summed E-state index contributed by atoms with van der Waals surface area (Å²) in [5.74, 6) is 0.896. The lowest BCUT2D eigenvalue weighted by molar-refractivity contribution is 1.06. The standard InChI is InChI=1S/C16H11N3/c1-2-8-14-12(6-1)13-7-5-11-18-16(13)19(14)15-9-3-4-10-17-15/h1-11H. The van der Waals surface area contributed by atoms with E-state index < -0.39 is 0 Å². The highest BCUT2D eigenvalue weighted by molar-refractivity contribution is 6.07. The summed E-state index contributed by atoms with van der Waals surface area (Å²) in [6, 6.07) is 18.3. The second kappa shape index (κ2) is 3.92. The Morgan fingerprint density at radius 3 is 2.37 bits per heavy atom. The van der Waals surface area contributed by atoms with E-state index in [0.29, 0.717) is 0 Å². The monoisotopic (exact) mass is 245 g/mol. The molecule has 4 aromatic rings. The fraction of sp³-hybridized carbons (Fsp3) is 0. The number of hydrogen-bond donors (Lipinski definition) is 0. The summed E-state index contributed by atoms with van der Waals surface area (Å²) in [6.45, 7) is 0. The number of nitrogens with zero attached hydrogens (tertiary/aromatic N) is 3. The molecule has 19 heavy (non-hydrogen) atoms. The van der Waals surface area contributed by atoms with Crippen LogP contribution in [0.4, 0.5) is 0 Å². The lowest BCUT2D eigenvalue weighted by Gasteiger charge is -2.04. The zero-order valence-electron chi connectivity index (χ0n) is 10.2. The van der Waals surface area contributed by atoms with E-state index in [0.717, 1.165) is 22.4 Å². The summed E-state index contributed by atoms with van der Waals surface area (Å²) in [7, 11) is 0. The van der Waals surface area contributed by atoms with E-state index in [4.69, 9.17) is 0 Å². The van der Waals surface area contributed by atoms with Gasteiger partial charge in [0, 0.05) is 23.2 Å². The van der Waals surface area contributed by atoms with Gasteiger partial charge in [0.2, 0.25) is 0 Å². The molecule has 3 heterocycles. The van der Waals surface area contributed by atoms with Gasteiger partial charge in [-0.1, -0.05) is 24.3 Å². The molecule has 0 N–H and O–H groups in total. The van der Waals surface area contributed by atoms with E-state index in [2.05, 4.69) is 38.8 Å². The number of fused-ring (bicyclic) bond motifs is 3. The van der Waals surface area contributed by atoms with Crippen LogP contribution >= 0.6 is 0 Å². The SMILES string of the molecule is c1ccc(-n2c3ccccc3c3cccnc32)nc1. The van der Waals surface area contributed by atoms with Crippen LogP contribution in [0.5, 0.6) is 0 Å². The van der Waals surface area contributed by atoms with Crippen molar-refractivity contribution in [2.24, 2.45) is 0 Å². The van der Waals surface area contributed by atoms with Crippen LogP contribution in [0.15, 0.2) is 67.0 Å². The summed E-state index contributed by atoms with van der Waals surface area (Å²) >= 11 is 0. The van der Waals surface area contributed by atoms with Crippen molar-refractivity contribution >= 4 is 21.9 Å². The molecule has 90 valence electrons. The second-order valence-corrected chi connectivity index (χ2v) is 4.42. The number of hydrogen-bond acceptors (Lipinski definition) is 2. The molecule has 0 fully saturated rings. The highest BCUT2D eigenvalue weighted by Crippen LogP contribution is 2.29. The van der Waals surface area contributed by atoms with Crippen LogP contribution in [-0.2, 0) is 0 Å². The maximum atomic E-state index is 4.52. The number of para-hydroxylation sites is 1. The van der Waals surface area contributed by atoms with Crippen LogP contribution in [0.1, 0.15) is 0 Å². The first-order valence-corrected chi connectivity index (χ1v) is 6.21. The quantitative estimate of drug-likeness (QED) is 0.513. The summed E-state index contributed by atoms with van der Waals surface area (Å²) in [6.07, 6.45) is 3.62. The predicted octanol–water partition coefficient (Wildman–Crippen LogP) is 3.57. The van der Waals surface area contributed by atoms with Crippen LogP contribution in [0, 0.1) is 0 Å². The van der Waals surface area contributed by atoms with Gasteiger partial charge in [-0.15, -0.1) is 0 Å². The predicted molar refractivity (Wildman–Crippen MR) is 76.4 cm³/mol. The fourth-order valence-electron chi connectivity index (χ4n) is 2.51. The van der Waals surface area contributed by atoms with Gasteiger partial charge >= 0.3 is 0 Å². The van der Waals surface area contributed by atoms with Gasteiger partial charge in [-0.05, 0) is 30.3 Å². The molecule has 0 spiro atoms. The molecule has 0 saturated heterocycles. The van der Waals surface area contributed by atoms with Gasteiger partial charge in [0.05, 0.1) is 5.52 Å². The first kappa shape index (κ1) is 10.3. The molecule has 0 saturated carbocycles. The first-order valence-electron chi connectivity index (χ1n) is 6.21. The van der Waals surface area contributed by atoms with Crippen LogP contribution in [0.3, 0.4) is 0 Å². The zero-order valence-corrected chi connectivity index (χ0v) is 10.2. The van der Waals surface area contributed by atoms with Crippen molar-refractivity contribution in [2.75, 3.05) is 0 Å². The number of benzene rings is 1. The normalized spacial score (nSPS) is 11.2. The summed E-state index contributed by atoms with van der Waals surface area (Å²) in [4.78, 5) is 8.96. The number of pyridine rings is 2. The molecule has 1 aromatic carbocycles. The molecule has 0 unspecified atom stereocenters. The lowest BCUT2D eigenvalue weighted by Crippen LogP contribution is -1.97. The van der Waals surface area contributed by atoms with Crippen molar-refractivity contribution in [3.8, 4) is 5.82 Å². The minimum Gasteiger partial charge on any atom is -0.278 e. The van der Waals surface area contributed by atoms with Crippen molar-refractivity contribution in [1.29, 1.82) is 0 Å². The van der Waals surface area contributed by atoms with Gasteiger partial charge in [-0.2, -0.15) is 0 Å². The highest BCUT2D eigenvalue weighted by Gasteiger charge is 2.12. The number of rotatable bonds is 1. The Hall–Kier alpha value is -2.68. The Morgan fingerprint density at radius 2 is 1.47 bits per heavy atom. The van der Waals surface area contributed by atoms with Crippen molar-refractivity contribution < 1.29 is 0 Å². The smallest absolute Gasteiger partial charge is 0.146 e. The van der Waals surface area contributed by atoms with Crippen LogP contribution in [0.2, 0.25) is 0 Å². The molecule has 0 aliphatic carbocycles. The maximum Gasteiger partial charge on any atom is 0.146 e. The zero-order chi connectivity index (χ0) is 12.7. The molecular weight excluding hydrogens is 234 g/mol. The largest absolute Gasteiger partial charge is 0.278 e. The molecule has 3 aromatic heterocycles. The molecule has 0 amide bonds. The average Bonchev–Trinajstić information content (AvgIpc) is 2.83. The number of aromatic nitrogens is 3. The first-order chi connectivity index (χ1) is 9.45. The average molecular weight is 245 g/mol. The van der Waals surface area contributed by atoms with E-state index in [1.807, 2.05) is 36.5 Å². The van der Waals surface area contributed by atoms with Crippen LogP contribution in [-0.4, -0.2) is 14.5 Å². The molecular formula is C16H11N3. The third-order valence-corrected chi connectivity index (χ3v) is 3.31. The van der Waals surface area contributed by atoms with Crippen molar-refractivity contribution in [1.82, 2.24) is 14.5 Å². The molecule has 0 atom stereocenters. The molecule has 3 heteroatoms. The van der Waals surface area contributed by atoms with Gasteiger partial charge in [0.15, 0.2) is 0 Å². The van der Waals surface area contributed by atoms with Crippen molar-refractivity contribution in [3.63, 3.8) is 0 Å². The molecule has 0 bridgehead atoms.